The zero-order valence-electron chi connectivity index (χ0n) is 6.89. The fourth-order valence-corrected chi connectivity index (χ4v) is 1.21. The number of hydrogen-bond donors (Lipinski definition) is 2. The number of H-pyrrole nitrogens is 1. The van der Waals surface area contributed by atoms with E-state index in [4.69, 9.17) is 0 Å². The first-order chi connectivity index (χ1) is 5.61. The predicted octanol–water partition coefficient (Wildman–Crippen LogP) is 1.19. The van der Waals surface area contributed by atoms with Crippen molar-refractivity contribution in [3.8, 4) is 0 Å². The van der Waals surface area contributed by atoms with E-state index in [-0.39, 0.29) is 11.6 Å². The van der Waals surface area contributed by atoms with Gasteiger partial charge in [-0.25, -0.2) is 4.98 Å². The predicted molar refractivity (Wildman–Crippen MR) is 56.3 cm³/mol. The minimum Gasteiger partial charge on any atom is -0.367 e. The monoisotopic (exact) mass is 279 g/mol. The third-order valence-electron chi connectivity index (χ3n) is 1.22. The maximum atomic E-state index is 11.1. The molecule has 1 rings (SSSR count). The summed E-state index contributed by atoms with van der Waals surface area (Å²) in [4.78, 5) is 17.6. The standard InChI is InChI=1S/C7H10IN3O/c1-4(2)11-6-5(8)7(12)10-3-9-6/h3-4H,1-2H3,(H2,9,10,11,12). The van der Waals surface area contributed by atoms with Gasteiger partial charge in [0, 0.05) is 6.04 Å². The molecule has 0 saturated heterocycles. The molecule has 0 aliphatic heterocycles. The van der Waals surface area contributed by atoms with E-state index in [1.54, 1.807) is 0 Å². The Morgan fingerprint density at radius 3 is 2.92 bits per heavy atom. The minimum atomic E-state index is -0.103. The summed E-state index contributed by atoms with van der Waals surface area (Å²) in [5.41, 5.74) is -0.103. The van der Waals surface area contributed by atoms with Gasteiger partial charge in [-0.2, -0.15) is 0 Å². The lowest BCUT2D eigenvalue weighted by molar-refractivity contribution is 0.881. The fourth-order valence-electron chi connectivity index (χ4n) is 0.757. The van der Waals surface area contributed by atoms with E-state index < -0.39 is 0 Å². The molecule has 0 atom stereocenters. The lowest BCUT2D eigenvalue weighted by Crippen LogP contribution is -2.18. The van der Waals surface area contributed by atoms with Crippen molar-refractivity contribution in [3.05, 3.63) is 20.3 Å². The molecule has 0 radical (unpaired) electrons. The van der Waals surface area contributed by atoms with Crippen LogP contribution in [0.1, 0.15) is 13.8 Å². The Hall–Kier alpha value is -0.590. The van der Waals surface area contributed by atoms with Crippen molar-refractivity contribution < 1.29 is 0 Å². The van der Waals surface area contributed by atoms with Crippen LogP contribution in [-0.2, 0) is 0 Å². The zero-order valence-corrected chi connectivity index (χ0v) is 9.05. The highest BCUT2D eigenvalue weighted by atomic mass is 127. The van der Waals surface area contributed by atoms with Crippen molar-refractivity contribution in [2.24, 2.45) is 0 Å². The third kappa shape index (κ3) is 2.20. The van der Waals surface area contributed by atoms with E-state index in [2.05, 4.69) is 15.3 Å². The van der Waals surface area contributed by atoms with Gasteiger partial charge in [0.15, 0.2) is 0 Å². The Kier molecular flexibility index (Phi) is 3.07. The number of halogens is 1. The van der Waals surface area contributed by atoms with Gasteiger partial charge in [-0.15, -0.1) is 0 Å². The number of aromatic amines is 1. The molecule has 0 spiro atoms. The molecule has 0 bridgehead atoms. The van der Waals surface area contributed by atoms with E-state index in [1.165, 1.54) is 6.33 Å². The van der Waals surface area contributed by atoms with Gasteiger partial charge in [0.1, 0.15) is 9.39 Å². The number of anilines is 1. The second-order valence-corrected chi connectivity index (χ2v) is 3.77. The van der Waals surface area contributed by atoms with Crippen molar-refractivity contribution in [2.45, 2.75) is 19.9 Å². The summed E-state index contributed by atoms with van der Waals surface area (Å²) in [6, 6.07) is 0.285. The molecule has 0 unspecified atom stereocenters. The highest BCUT2D eigenvalue weighted by Crippen LogP contribution is 2.09. The highest BCUT2D eigenvalue weighted by Gasteiger charge is 2.04. The lowest BCUT2D eigenvalue weighted by atomic mass is 10.4. The van der Waals surface area contributed by atoms with Gasteiger partial charge in [0.05, 0.1) is 6.33 Å². The van der Waals surface area contributed by atoms with Crippen molar-refractivity contribution in [2.75, 3.05) is 5.32 Å². The Labute approximate surface area is 83.9 Å². The maximum Gasteiger partial charge on any atom is 0.266 e. The van der Waals surface area contributed by atoms with Gasteiger partial charge in [-0.3, -0.25) is 4.79 Å². The Morgan fingerprint density at radius 2 is 2.33 bits per heavy atom. The Balaban J connectivity index is 3.00. The van der Waals surface area contributed by atoms with Crippen LogP contribution in [0.5, 0.6) is 0 Å². The SMILES string of the molecule is CC(C)Nc1nc[nH]c(=O)c1I. The number of nitrogens with one attached hydrogen (secondary N) is 2. The normalized spacial score (nSPS) is 10.3. The molecule has 0 aliphatic rings. The smallest absolute Gasteiger partial charge is 0.266 e. The number of nitrogens with zero attached hydrogens (tertiary/aromatic N) is 1. The molecule has 0 fully saturated rings. The van der Waals surface area contributed by atoms with Crippen LogP contribution in [0, 0.1) is 3.57 Å². The molecule has 0 aliphatic carbocycles. The summed E-state index contributed by atoms with van der Waals surface area (Å²) >= 11 is 1.97. The van der Waals surface area contributed by atoms with Crippen molar-refractivity contribution in [3.63, 3.8) is 0 Å². The molecule has 5 heteroatoms. The van der Waals surface area contributed by atoms with Crippen LogP contribution in [0.3, 0.4) is 0 Å². The van der Waals surface area contributed by atoms with Crippen LogP contribution < -0.4 is 10.9 Å². The summed E-state index contributed by atoms with van der Waals surface area (Å²) in [5, 5.41) is 3.08. The number of aromatic nitrogens is 2. The fraction of sp³-hybridized carbons (Fsp3) is 0.429. The molecule has 66 valence electrons. The van der Waals surface area contributed by atoms with E-state index >= 15 is 0 Å². The lowest BCUT2D eigenvalue weighted by Gasteiger charge is -2.08. The van der Waals surface area contributed by atoms with Gasteiger partial charge in [0.2, 0.25) is 0 Å². The number of rotatable bonds is 2. The molecule has 1 aromatic heterocycles. The first-order valence-electron chi connectivity index (χ1n) is 3.61. The highest BCUT2D eigenvalue weighted by molar-refractivity contribution is 14.1. The van der Waals surface area contributed by atoms with E-state index in [9.17, 15) is 4.79 Å². The summed E-state index contributed by atoms with van der Waals surface area (Å²) in [6.45, 7) is 4.00. The second kappa shape index (κ2) is 3.88. The average Bonchev–Trinajstić information content (AvgIpc) is 1.98. The molecule has 12 heavy (non-hydrogen) atoms. The van der Waals surface area contributed by atoms with Crippen molar-refractivity contribution in [1.82, 2.24) is 9.97 Å². The number of hydrogen-bond acceptors (Lipinski definition) is 3. The van der Waals surface area contributed by atoms with Crippen LogP contribution in [0.25, 0.3) is 0 Å². The molecule has 1 aromatic rings. The minimum absolute atomic E-state index is 0.103. The topological polar surface area (TPSA) is 57.8 Å². The summed E-state index contributed by atoms with van der Waals surface area (Å²) in [6.07, 6.45) is 1.40. The summed E-state index contributed by atoms with van der Waals surface area (Å²) < 4.78 is 0.601. The molecular formula is C7H10IN3O. The first kappa shape index (κ1) is 9.50. The summed E-state index contributed by atoms with van der Waals surface area (Å²) in [7, 11) is 0. The van der Waals surface area contributed by atoms with E-state index in [0.29, 0.717) is 9.39 Å². The largest absolute Gasteiger partial charge is 0.367 e. The zero-order chi connectivity index (χ0) is 9.14. The molecule has 0 saturated carbocycles. The molecule has 2 N–H and O–H groups in total. The summed E-state index contributed by atoms with van der Waals surface area (Å²) in [5.74, 6) is 0.648. The van der Waals surface area contributed by atoms with Crippen LogP contribution in [0.4, 0.5) is 5.82 Å². The average molecular weight is 279 g/mol. The van der Waals surface area contributed by atoms with Crippen LogP contribution in [0.2, 0.25) is 0 Å². The third-order valence-corrected chi connectivity index (χ3v) is 2.22. The maximum absolute atomic E-state index is 11.1. The Morgan fingerprint density at radius 1 is 1.67 bits per heavy atom. The van der Waals surface area contributed by atoms with Crippen molar-refractivity contribution >= 4 is 28.4 Å². The quantitative estimate of drug-likeness (QED) is 0.800. The van der Waals surface area contributed by atoms with Gasteiger partial charge >= 0.3 is 0 Å². The molecule has 0 amide bonds. The molecule has 4 nitrogen and oxygen atoms in total. The Bertz CT molecular complexity index is 321. The van der Waals surface area contributed by atoms with Gasteiger partial charge in [0.25, 0.3) is 5.56 Å². The second-order valence-electron chi connectivity index (χ2n) is 2.69. The molecule has 0 aromatic carbocycles. The van der Waals surface area contributed by atoms with E-state index in [0.717, 1.165) is 0 Å². The molecular weight excluding hydrogens is 269 g/mol. The van der Waals surface area contributed by atoms with Crippen LogP contribution in [0.15, 0.2) is 11.1 Å². The van der Waals surface area contributed by atoms with Crippen molar-refractivity contribution in [1.29, 1.82) is 0 Å². The van der Waals surface area contributed by atoms with E-state index in [1.807, 2.05) is 36.4 Å². The first-order valence-corrected chi connectivity index (χ1v) is 4.69. The molecule has 1 heterocycles. The van der Waals surface area contributed by atoms with Crippen LogP contribution in [-0.4, -0.2) is 16.0 Å². The van der Waals surface area contributed by atoms with Gasteiger partial charge in [-0.05, 0) is 36.4 Å². The van der Waals surface area contributed by atoms with Gasteiger partial charge in [-0.1, -0.05) is 0 Å². The van der Waals surface area contributed by atoms with Crippen LogP contribution >= 0.6 is 22.6 Å². The van der Waals surface area contributed by atoms with Gasteiger partial charge < -0.3 is 10.3 Å².